The van der Waals surface area contributed by atoms with Gasteiger partial charge in [-0.2, -0.15) is 0 Å². The summed E-state index contributed by atoms with van der Waals surface area (Å²) in [6.07, 6.45) is 1.84. The number of nitrogens with zero attached hydrogens (tertiary/aromatic N) is 3. The van der Waals surface area contributed by atoms with Crippen molar-refractivity contribution in [3.8, 4) is 0 Å². The minimum atomic E-state index is 0.985. The smallest absolute Gasteiger partial charge is 0.128 e. The highest BCUT2D eigenvalue weighted by Gasteiger charge is 2.05. The van der Waals surface area contributed by atoms with Crippen LogP contribution in [0.1, 0.15) is 6.92 Å². The van der Waals surface area contributed by atoms with E-state index in [1.54, 1.807) is 0 Å². The number of rotatable bonds is 5. The second-order valence-corrected chi connectivity index (χ2v) is 5.81. The van der Waals surface area contributed by atoms with Gasteiger partial charge in [0.25, 0.3) is 0 Å². The van der Waals surface area contributed by atoms with Crippen molar-refractivity contribution in [2.75, 3.05) is 31.6 Å². The van der Waals surface area contributed by atoms with Crippen molar-refractivity contribution in [3.63, 3.8) is 0 Å². The van der Waals surface area contributed by atoms with E-state index in [9.17, 15) is 0 Å². The van der Waals surface area contributed by atoms with E-state index < -0.39 is 0 Å². The average Bonchev–Trinajstić information content (AvgIpc) is 2.21. The Bertz CT molecular complexity index is 289. The lowest BCUT2D eigenvalue weighted by Gasteiger charge is -2.23. The molecule has 84 valence electrons. The second kappa shape index (κ2) is 6.65. The zero-order valence-electron chi connectivity index (χ0n) is 8.95. The molecule has 0 aromatic carbocycles. The lowest BCUT2D eigenvalue weighted by Crippen LogP contribution is -2.30. The number of likely N-dealkylation sites (N-methyl/N-ethyl adjacent to an activating group) is 2. The van der Waals surface area contributed by atoms with Gasteiger partial charge < -0.3 is 4.90 Å². The Balaban J connectivity index is 2.61. The molecule has 5 heteroatoms. The van der Waals surface area contributed by atoms with Crippen LogP contribution in [0.25, 0.3) is 0 Å². The molecule has 0 radical (unpaired) electrons. The maximum Gasteiger partial charge on any atom is 0.128 e. The second-order valence-electron chi connectivity index (χ2n) is 3.24. The maximum atomic E-state index is 4.39. The summed E-state index contributed by atoms with van der Waals surface area (Å²) in [6.45, 7) is 5.17. The van der Waals surface area contributed by atoms with Gasteiger partial charge >= 0.3 is 0 Å². The average molecular weight is 384 g/mol. The molecule has 15 heavy (non-hydrogen) atoms. The van der Waals surface area contributed by atoms with Crippen molar-refractivity contribution in [1.82, 2.24) is 8.10 Å². The molecule has 0 saturated heterocycles. The van der Waals surface area contributed by atoms with E-state index in [1.165, 1.54) is 0 Å². The van der Waals surface area contributed by atoms with E-state index in [2.05, 4.69) is 65.8 Å². The number of hydrogen-bond acceptors (Lipinski definition) is 3. The van der Waals surface area contributed by atoms with Gasteiger partial charge in [0.05, 0.1) is 0 Å². The van der Waals surface area contributed by atoms with Crippen LogP contribution in [-0.4, -0.2) is 34.8 Å². The van der Waals surface area contributed by atoms with E-state index in [1.807, 2.05) is 18.3 Å². The third kappa shape index (κ3) is 4.65. The van der Waals surface area contributed by atoms with Crippen LogP contribution >= 0.6 is 38.8 Å². The number of pyridine rings is 1. The minimum Gasteiger partial charge on any atom is -0.356 e. The fourth-order valence-corrected chi connectivity index (χ4v) is 1.70. The van der Waals surface area contributed by atoms with E-state index in [-0.39, 0.29) is 0 Å². The molecule has 0 aliphatic heterocycles. The Hall–Kier alpha value is 0.120. The van der Waals surface area contributed by atoms with Crippen molar-refractivity contribution in [2.24, 2.45) is 0 Å². The van der Waals surface area contributed by atoms with Crippen LogP contribution in [0.15, 0.2) is 22.8 Å². The van der Waals surface area contributed by atoms with E-state index in [0.717, 1.165) is 29.9 Å². The number of aromatic nitrogens is 1. The third-order valence-electron chi connectivity index (χ3n) is 2.10. The topological polar surface area (TPSA) is 19.4 Å². The normalized spacial score (nSPS) is 10.7. The molecule has 0 aliphatic rings. The van der Waals surface area contributed by atoms with Gasteiger partial charge in [0.1, 0.15) is 5.82 Å². The van der Waals surface area contributed by atoms with Crippen LogP contribution in [0.5, 0.6) is 0 Å². The Morgan fingerprint density at radius 3 is 2.60 bits per heavy atom. The van der Waals surface area contributed by atoms with Gasteiger partial charge in [0.15, 0.2) is 0 Å². The summed E-state index contributed by atoms with van der Waals surface area (Å²) in [6, 6.07) is 4.07. The summed E-state index contributed by atoms with van der Waals surface area (Å²) in [7, 11) is 2.07. The molecule has 0 amide bonds. The van der Waals surface area contributed by atoms with Crippen LogP contribution < -0.4 is 4.90 Å². The molecule has 1 aromatic heterocycles. The van der Waals surface area contributed by atoms with E-state index in [0.29, 0.717) is 0 Å². The van der Waals surface area contributed by atoms with Crippen molar-refractivity contribution in [1.29, 1.82) is 0 Å². The Morgan fingerprint density at radius 2 is 2.13 bits per heavy atom. The summed E-state index contributed by atoms with van der Waals surface area (Å²) < 4.78 is 3.17. The fourth-order valence-electron chi connectivity index (χ4n) is 1.25. The Labute approximate surface area is 113 Å². The molecule has 0 unspecified atom stereocenters. The molecule has 0 fully saturated rings. The van der Waals surface area contributed by atoms with Gasteiger partial charge in [-0.1, -0.05) is 0 Å². The first kappa shape index (κ1) is 13.2. The zero-order valence-corrected chi connectivity index (χ0v) is 12.7. The Kier molecular flexibility index (Phi) is 5.84. The third-order valence-corrected chi connectivity index (χ3v) is 3.05. The maximum absolute atomic E-state index is 4.39. The molecule has 1 heterocycles. The summed E-state index contributed by atoms with van der Waals surface area (Å²) in [5, 5.41) is 0. The van der Waals surface area contributed by atoms with Crippen LogP contribution in [0, 0.1) is 0 Å². The molecule has 0 saturated carbocycles. The van der Waals surface area contributed by atoms with E-state index >= 15 is 0 Å². The molecule has 3 nitrogen and oxygen atoms in total. The van der Waals surface area contributed by atoms with Gasteiger partial charge in [0.2, 0.25) is 0 Å². The summed E-state index contributed by atoms with van der Waals surface area (Å²) in [5.74, 6) is 1.04. The van der Waals surface area contributed by atoms with Crippen LogP contribution in [0.4, 0.5) is 5.82 Å². The van der Waals surface area contributed by atoms with Crippen molar-refractivity contribution in [3.05, 3.63) is 22.8 Å². The largest absolute Gasteiger partial charge is 0.356 e. The quantitative estimate of drug-likeness (QED) is 0.575. The highest BCUT2D eigenvalue weighted by molar-refractivity contribution is 14.1. The van der Waals surface area contributed by atoms with Crippen molar-refractivity contribution in [2.45, 2.75) is 6.92 Å². The molecule has 0 atom stereocenters. The zero-order chi connectivity index (χ0) is 11.3. The van der Waals surface area contributed by atoms with Crippen LogP contribution in [0.2, 0.25) is 0 Å². The number of halogens is 2. The molecule has 1 rings (SSSR count). The monoisotopic (exact) mass is 383 g/mol. The Morgan fingerprint density at radius 1 is 1.40 bits per heavy atom. The molecule has 0 N–H and O–H groups in total. The minimum absolute atomic E-state index is 0.985. The van der Waals surface area contributed by atoms with Gasteiger partial charge in [-0.05, 0) is 42.0 Å². The first-order valence-electron chi connectivity index (χ1n) is 4.87. The summed E-state index contributed by atoms with van der Waals surface area (Å²) in [5.41, 5.74) is 0. The van der Waals surface area contributed by atoms with Gasteiger partial charge in [-0.15, -0.1) is 0 Å². The first-order chi connectivity index (χ1) is 7.13. The standard InChI is InChI=1S/C10H15BrIN3/c1-3-15(7-6-14(2)12)10-5-4-9(11)8-13-10/h4-5,8H,3,6-7H2,1-2H3. The number of hydrogen-bond donors (Lipinski definition) is 0. The van der Waals surface area contributed by atoms with Crippen molar-refractivity contribution < 1.29 is 0 Å². The fraction of sp³-hybridized carbons (Fsp3) is 0.500. The van der Waals surface area contributed by atoms with Gasteiger partial charge in [-0.3, -0.25) is 0 Å². The van der Waals surface area contributed by atoms with Crippen LogP contribution in [0.3, 0.4) is 0 Å². The number of anilines is 1. The summed E-state index contributed by atoms with van der Waals surface area (Å²) >= 11 is 5.68. The lowest BCUT2D eigenvalue weighted by atomic mass is 10.4. The molecular formula is C10H15BrIN3. The molecule has 0 spiro atoms. The van der Waals surface area contributed by atoms with Gasteiger partial charge in [0, 0.05) is 53.2 Å². The SMILES string of the molecule is CCN(CCN(C)I)c1ccc(Br)cn1. The van der Waals surface area contributed by atoms with Gasteiger partial charge in [-0.25, -0.2) is 8.10 Å². The first-order valence-corrected chi connectivity index (χ1v) is 6.62. The van der Waals surface area contributed by atoms with Crippen LogP contribution in [-0.2, 0) is 0 Å². The lowest BCUT2D eigenvalue weighted by molar-refractivity contribution is 0.596. The molecule has 1 aromatic rings. The predicted molar refractivity (Wildman–Crippen MR) is 76.5 cm³/mol. The molecular weight excluding hydrogens is 369 g/mol. The van der Waals surface area contributed by atoms with E-state index in [4.69, 9.17) is 0 Å². The van der Waals surface area contributed by atoms with Crippen molar-refractivity contribution >= 4 is 44.6 Å². The molecule has 0 aliphatic carbocycles. The summed E-state index contributed by atoms with van der Waals surface area (Å²) in [4.78, 5) is 6.65. The highest BCUT2D eigenvalue weighted by atomic mass is 127. The predicted octanol–water partition coefficient (Wildman–Crippen LogP) is 2.95. The molecule has 0 bridgehead atoms. The highest BCUT2D eigenvalue weighted by Crippen LogP contribution is 2.14.